The number of rotatable bonds is 6. The first-order valence-corrected chi connectivity index (χ1v) is 9.74. The van der Waals surface area contributed by atoms with Gasteiger partial charge in [0.05, 0.1) is 24.8 Å². The molecule has 0 atom stereocenters. The van der Waals surface area contributed by atoms with Crippen LogP contribution in [0.15, 0.2) is 35.6 Å². The number of thioether (sulfide) groups is 1. The second-order valence-electron chi connectivity index (χ2n) is 6.40. The van der Waals surface area contributed by atoms with Gasteiger partial charge in [-0.1, -0.05) is 31.0 Å². The molecule has 1 aliphatic carbocycles. The maximum Gasteiger partial charge on any atom is 0.230 e. The van der Waals surface area contributed by atoms with E-state index in [1.807, 2.05) is 42.1 Å². The van der Waals surface area contributed by atoms with Crippen molar-refractivity contribution in [3.63, 3.8) is 0 Å². The summed E-state index contributed by atoms with van der Waals surface area (Å²) in [5, 5.41) is 4.00. The van der Waals surface area contributed by atoms with Gasteiger partial charge in [-0.05, 0) is 37.1 Å². The van der Waals surface area contributed by atoms with Gasteiger partial charge in [-0.3, -0.25) is 4.79 Å². The summed E-state index contributed by atoms with van der Waals surface area (Å²) in [6.45, 7) is 0. The minimum absolute atomic E-state index is 0.103. The number of methoxy groups -OCH3 is 1. The largest absolute Gasteiger partial charge is 0.497 e. The molecule has 0 radical (unpaired) electrons. The van der Waals surface area contributed by atoms with Gasteiger partial charge in [0.1, 0.15) is 5.75 Å². The number of nitrogens with zero attached hydrogens (tertiary/aromatic N) is 2. The molecule has 0 bridgehead atoms. The van der Waals surface area contributed by atoms with Crippen LogP contribution in [0.4, 0.5) is 0 Å². The smallest absolute Gasteiger partial charge is 0.230 e. The molecule has 1 saturated carbocycles. The highest BCUT2D eigenvalue weighted by atomic mass is 32.2. The van der Waals surface area contributed by atoms with Gasteiger partial charge >= 0.3 is 0 Å². The first-order chi connectivity index (χ1) is 12.2. The zero-order valence-electron chi connectivity index (χ0n) is 14.8. The van der Waals surface area contributed by atoms with Crippen LogP contribution in [0.3, 0.4) is 0 Å². The highest BCUT2D eigenvalue weighted by Crippen LogP contribution is 2.26. The summed E-state index contributed by atoms with van der Waals surface area (Å²) < 4.78 is 7.22. The molecular formula is C19H25N3O2S. The predicted molar refractivity (Wildman–Crippen MR) is 101 cm³/mol. The van der Waals surface area contributed by atoms with Crippen molar-refractivity contribution < 1.29 is 9.53 Å². The van der Waals surface area contributed by atoms with Gasteiger partial charge in [0, 0.05) is 18.7 Å². The molecule has 25 heavy (non-hydrogen) atoms. The number of imidazole rings is 1. The molecule has 6 heteroatoms. The third-order valence-electron chi connectivity index (χ3n) is 4.63. The Kier molecular flexibility index (Phi) is 6.02. The van der Waals surface area contributed by atoms with E-state index in [0.717, 1.165) is 35.0 Å². The number of nitrogens with one attached hydrogen (secondary N) is 1. The van der Waals surface area contributed by atoms with Crippen molar-refractivity contribution in [2.75, 3.05) is 12.9 Å². The number of benzene rings is 1. The third-order valence-corrected chi connectivity index (χ3v) is 5.68. The quantitative estimate of drug-likeness (QED) is 0.800. The zero-order valence-corrected chi connectivity index (χ0v) is 15.6. The van der Waals surface area contributed by atoms with Crippen LogP contribution in [0.5, 0.6) is 5.75 Å². The minimum atomic E-state index is 0.103. The van der Waals surface area contributed by atoms with Crippen LogP contribution >= 0.6 is 11.8 Å². The van der Waals surface area contributed by atoms with Crippen LogP contribution in [-0.4, -0.2) is 34.4 Å². The molecule has 0 saturated heterocycles. The highest BCUT2D eigenvalue weighted by Gasteiger charge is 2.17. The fourth-order valence-electron chi connectivity index (χ4n) is 3.20. The van der Waals surface area contributed by atoms with Gasteiger partial charge in [-0.25, -0.2) is 4.98 Å². The van der Waals surface area contributed by atoms with Gasteiger partial charge in [0.2, 0.25) is 5.91 Å². The molecule has 1 heterocycles. The fraction of sp³-hybridized carbons (Fsp3) is 0.474. The van der Waals surface area contributed by atoms with Gasteiger partial charge < -0.3 is 14.6 Å². The fourth-order valence-corrected chi connectivity index (χ4v) is 3.97. The van der Waals surface area contributed by atoms with E-state index in [2.05, 4.69) is 10.3 Å². The van der Waals surface area contributed by atoms with Crippen molar-refractivity contribution in [1.29, 1.82) is 0 Å². The van der Waals surface area contributed by atoms with E-state index in [-0.39, 0.29) is 5.91 Å². The molecular weight excluding hydrogens is 334 g/mol. The van der Waals surface area contributed by atoms with Crippen LogP contribution < -0.4 is 10.1 Å². The lowest BCUT2D eigenvalue weighted by molar-refractivity contribution is -0.119. The average Bonchev–Trinajstić information content (AvgIpc) is 3.01. The lowest BCUT2D eigenvalue weighted by Crippen LogP contribution is -2.37. The summed E-state index contributed by atoms with van der Waals surface area (Å²) in [4.78, 5) is 16.6. The van der Waals surface area contributed by atoms with Crippen LogP contribution in [0.25, 0.3) is 11.3 Å². The zero-order chi connectivity index (χ0) is 17.6. The maximum absolute atomic E-state index is 12.2. The monoisotopic (exact) mass is 359 g/mol. The Hall–Kier alpha value is -1.95. The van der Waals surface area contributed by atoms with Crippen LogP contribution in [0.1, 0.15) is 32.1 Å². The molecule has 1 aliphatic rings. The first-order valence-electron chi connectivity index (χ1n) is 8.75. The molecule has 5 nitrogen and oxygen atoms in total. The molecule has 1 N–H and O–H groups in total. The van der Waals surface area contributed by atoms with Gasteiger partial charge in [-0.15, -0.1) is 0 Å². The Morgan fingerprint density at radius 3 is 2.68 bits per heavy atom. The molecule has 0 spiro atoms. The van der Waals surface area contributed by atoms with E-state index < -0.39 is 0 Å². The first kappa shape index (κ1) is 17.9. The Balaban J connectivity index is 1.58. The lowest BCUT2D eigenvalue weighted by Gasteiger charge is -2.22. The summed E-state index contributed by atoms with van der Waals surface area (Å²) in [7, 11) is 3.64. The highest BCUT2D eigenvalue weighted by molar-refractivity contribution is 7.99. The van der Waals surface area contributed by atoms with E-state index in [9.17, 15) is 4.79 Å². The summed E-state index contributed by atoms with van der Waals surface area (Å²) in [6.07, 6.45) is 7.82. The standard InChI is InChI=1S/C19H25N3O2S/c1-22-17(14-8-10-16(24-2)11-9-14)12-20-19(22)25-13-18(23)21-15-6-4-3-5-7-15/h8-12,15H,3-7,13H2,1-2H3,(H,21,23). The Morgan fingerprint density at radius 2 is 2.00 bits per heavy atom. The van der Waals surface area contributed by atoms with E-state index in [1.54, 1.807) is 7.11 Å². The summed E-state index contributed by atoms with van der Waals surface area (Å²) in [5.41, 5.74) is 2.10. The van der Waals surface area contributed by atoms with Gasteiger partial charge in [0.25, 0.3) is 0 Å². The SMILES string of the molecule is COc1ccc(-c2cnc(SCC(=O)NC3CCCCC3)n2C)cc1. The number of carbonyl (C=O) groups is 1. The van der Waals surface area contributed by atoms with Crippen molar-refractivity contribution in [2.45, 2.75) is 43.3 Å². The van der Waals surface area contributed by atoms with Crippen LogP contribution in [0, 0.1) is 0 Å². The second kappa shape index (κ2) is 8.43. The number of hydrogen-bond donors (Lipinski definition) is 1. The molecule has 1 aromatic carbocycles. The molecule has 0 unspecified atom stereocenters. The minimum Gasteiger partial charge on any atom is -0.497 e. The topological polar surface area (TPSA) is 56.1 Å². The van der Waals surface area contributed by atoms with Crippen molar-refractivity contribution in [3.05, 3.63) is 30.5 Å². The summed E-state index contributed by atoms with van der Waals surface area (Å²) in [5.74, 6) is 1.34. The van der Waals surface area contributed by atoms with E-state index in [1.165, 1.54) is 31.0 Å². The van der Waals surface area contributed by atoms with Crippen LogP contribution in [-0.2, 0) is 11.8 Å². The van der Waals surface area contributed by atoms with E-state index >= 15 is 0 Å². The van der Waals surface area contributed by atoms with Gasteiger partial charge in [-0.2, -0.15) is 0 Å². The molecule has 1 amide bonds. The van der Waals surface area contributed by atoms with Gasteiger partial charge in [0.15, 0.2) is 5.16 Å². The Labute approximate surface area is 153 Å². The number of amides is 1. The molecule has 1 fully saturated rings. The lowest BCUT2D eigenvalue weighted by atomic mass is 9.95. The van der Waals surface area contributed by atoms with Crippen molar-refractivity contribution in [1.82, 2.24) is 14.9 Å². The van der Waals surface area contributed by atoms with E-state index in [4.69, 9.17) is 4.74 Å². The summed E-state index contributed by atoms with van der Waals surface area (Å²) >= 11 is 1.48. The number of ether oxygens (including phenoxy) is 1. The van der Waals surface area contributed by atoms with Crippen molar-refractivity contribution >= 4 is 17.7 Å². The predicted octanol–water partition coefficient (Wildman–Crippen LogP) is 3.64. The average molecular weight is 359 g/mol. The number of carbonyl (C=O) groups excluding carboxylic acids is 1. The normalized spacial score (nSPS) is 15.1. The van der Waals surface area contributed by atoms with Crippen molar-refractivity contribution in [3.8, 4) is 17.0 Å². The maximum atomic E-state index is 12.2. The Bertz CT molecular complexity index is 706. The molecule has 0 aliphatic heterocycles. The number of aromatic nitrogens is 2. The third kappa shape index (κ3) is 4.57. The second-order valence-corrected chi connectivity index (χ2v) is 7.35. The summed E-state index contributed by atoms with van der Waals surface area (Å²) in [6, 6.07) is 8.26. The Morgan fingerprint density at radius 1 is 1.28 bits per heavy atom. The number of hydrogen-bond acceptors (Lipinski definition) is 4. The van der Waals surface area contributed by atoms with Crippen LogP contribution in [0.2, 0.25) is 0 Å². The van der Waals surface area contributed by atoms with E-state index in [0.29, 0.717) is 11.8 Å². The molecule has 1 aromatic heterocycles. The van der Waals surface area contributed by atoms with Crippen molar-refractivity contribution in [2.24, 2.45) is 7.05 Å². The molecule has 2 aromatic rings. The molecule has 134 valence electrons. The molecule has 3 rings (SSSR count).